The molecule has 0 saturated carbocycles. The van der Waals surface area contributed by atoms with Crippen molar-refractivity contribution >= 4 is 11.4 Å². The third-order valence-electron chi connectivity index (χ3n) is 1.68. The molecular formula is C9H11N5O3. The number of nitrogens with one attached hydrogen (secondary N) is 3. The molecule has 0 radical (unpaired) electrons. The molecule has 17 heavy (non-hydrogen) atoms. The van der Waals surface area contributed by atoms with Gasteiger partial charge in [-0.2, -0.15) is 0 Å². The van der Waals surface area contributed by atoms with E-state index in [1.54, 1.807) is 27.1 Å². The zero-order valence-electron chi connectivity index (χ0n) is 8.69. The standard InChI is InChI=1S/C6H8N2.C3H3N3O3/c7-5-3-1-2-4-6(5)8;7-1-4-2(8)6-3(9)5-1/h1-4H,7-8H2;(H3,4,5,6,7,8,9). The van der Waals surface area contributed by atoms with Gasteiger partial charge in [0.15, 0.2) is 0 Å². The Hall–Kier alpha value is -2.77. The lowest BCUT2D eigenvalue weighted by molar-refractivity contribution is 0.888. The van der Waals surface area contributed by atoms with E-state index >= 15 is 0 Å². The second kappa shape index (κ2) is 5.35. The molecule has 0 aliphatic carbocycles. The molecule has 8 heteroatoms. The Bertz CT molecular complexity index is 555. The molecule has 0 aliphatic heterocycles. The summed E-state index contributed by atoms with van der Waals surface area (Å²) in [6, 6.07) is 7.25. The van der Waals surface area contributed by atoms with E-state index in [4.69, 9.17) is 11.5 Å². The minimum absolute atomic E-state index is 0.646. The number of para-hydroxylation sites is 2. The molecule has 90 valence electrons. The van der Waals surface area contributed by atoms with Crippen LogP contribution in [-0.2, 0) is 0 Å². The molecule has 0 saturated heterocycles. The Balaban J connectivity index is 0.000000171. The van der Waals surface area contributed by atoms with Gasteiger partial charge in [0.2, 0.25) is 0 Å². The number of hydrogen-bond donors (Lipinski definition) is 5. The first-order valence-corrected chi connectivity index (χ1v) is 4.52. The van der Waals surface area contributed by atoms with Crippen LogP contribution in [0.25, 0.3) is 0 Å². The first-order valence-electron chi connectivity index (χ1n) is 4.52. The molecule has 0 aliphatic rings. The SMILES string of the molecule is Nc1ccccc1N.O=c1[nH]c(=O)[nH]c(=O)[nH]1. The summed E-state index contributed by atoms with van der Waals surface area (Å²) in [5.41, 5.74) is 9.68. The van der Waals surface area contributed by atoms with Crippen LogP contribution in [0.1, 0.15) is 0 Å². The Morgan fingerprint density at radius 2 is 1.00 bits per heavy atom. The van der Waals surface area contributed by atoms with E-state index in [0.717, 1.165) is 0 Å². The lowest BCUT2D eigenvalue weighted by Gasteiger charge is -1.94. The van der Waals surface area contributed by atoms with E-state index in [-0.39, 0.29) is 0 Å². The molecule has 0 atom stereocenters. The van der Waals surface area contributed by atoms with Gasteiger partial charge in [-0.05, 0) is 12.1 Å². The van der Waals surface area contributed by atoms with Gasteiger partial charge in [0.05, 0.1) is 11.4 Å². The Morgan fingerprint density at radius 1 is 0.706 bits per heavy atom. The number of hydrogen-bond acceptors (Lipinski definition) is 5. The number of anilines is 2. The number of aromatic amines is 3. The highest BCUT2D eigenvalue weighted by Gasteiger charge is 1.85. The van der Waals surface area contributed by atoms with Gasteiger partial charge >= 0.3 is 17.1 Å². The Kier molecular flexibility index (Phi) is 3.87. The highest BCUT2D eigenvalue weighted by atomic mass is 16.2. The Morgan fingerprint density at radius 3 is 1.24 bits per heavy atom. The number of H-pyrrole nitrogens is 3. The van der Waals surface area contributed by atoms with E-state index in [1.807, 2.05) is 12.1 Å². The van der Waals surface area contributed by atoms with Gasteiger partial charge in [0.1, 0.15) is 0 Å². The highest BCUT2D eigenvalue weighted by molar-refractivity contribution is 5.62. The van der Waals surface area contributed by atoms with Crippen molar-refractivity contribution in [1.82, 2.24) is 15.0 Å². The average molecular weight is 237 g/mol. The second-order valence-electron chi connectivity index (χ2n) is 2.99. The molecule has 7 N–H and O–H groups in total. The van der Waals surface area contributed by atoms with Crippen molar-refractivity contribution in [2.45, 2.75) is 0 Å². The first kappa shape index (κ1) is 12.3. The molecule has 1 heterocycles. The largest absolute Gasteiger partial charge is 0.397 e. The third kappa shape index (κ3) is 4.08. The molecule has 0 unspecified atom stereocenters. The number of aromatic nitrogens is 3. The summed E-state index contributed by atoms with van der Waals surface area (Å²) in [6.45, 7) is 0. The summed E-state index contributed by atoms with van der Waals surface area (Å²) < 4.78 is 0. The van der Waals surface area contributed by atoms with Crippen molar-refractivity contribution in [3.05, 3.63) is 55.7 Å². The predicted molar refractivity (Wildman–Crippen MR) is 63.6 cm³/mol. The maximum atomic E-state index is 10.2. The summed E-state index contributed by atoms with van der Waals surface area (Å²) in [5.74, 6) is 0. The van der Waals surface area contributed by atoms with Crippen LogP contribution in [0, 0.1) is 0 Å². The maximum Gasteiger partial charge on any atom is 0.330 e. The summed E-state index contributed by atoms with van der Waals surface area (Å²) in [7, 11) is 0. The number of benzene rings is 1. The van der Waals surface area contributed by atoms with Crippen molar-refractivity contribution in [2.75, 3.05) is 11.5 Å². The van der Waals surface area contributed by atoms with E-state index < -0.39 is 17.1 Å². The number of rotatable bonds is 0. The smallest absolute Gasteiger partial charge is 0.330 e. The molecule has 8 nitrogen and oxygen atoms in total. The molecule has 1 aromatic carbocycles. The van der Waals surface area contributed by atoms with Crippen molar-refractivity contribution in [3.63, 3.8) is 0 Å². The van der Waals surface area contributed by atoms with Crippen LogP contribution in [0.15, 0.2) is 38.6 Å². The van der Waals surface area contributed by atoms with Crippen LogP contribution in [0.2, 0.25) is 0 Å². The lowest BCUT2D eigenvalue weighted by atomic mass is 10.3. The Labute approximate surface area is 94.3 Å². The third-order valence-corrected chi connectivity index (χ3v) is 1.68. The van der Waals surface area contributed by atoms with Gasteiger partial charge < -0.3 is 11.5 Å². The van der Waals surface area contributed by atoms with E-state index in [2.05, 4.69) is 0 Å². The predicted octanol–water partition coefficient (Wildman–Crippen LogP) is -1.40. The highest BCUT2D eigenvalue weighted by Crippen LogP contribution is 2.10. The van der Waals surface area contributed by atoms with E-state index in [9.17, 15) is 14.4 Å². The molecule has 0 bridgehead atoms. The van der Waals surface area contributed by atoms with Gasteiger partial charge in [-0.15, -0.1) is 0 Å². The van der Waals surface area contributed by atoms with Crippen molar-refractivity contribution in [1.29, 1.82) is 0 Å². The van der Waals surface area contributed by atoms with Crippen molar-refractivity contribution in [2.24, 2.45) is 0 Å². The lowest BCUT2D eigenvalue weighted by Crippen LogP contribution is -2.34. The van der Waals surface area contributed by atoms with Crippen LogP contribution in [-0.4, -0.2) is 15.0 Å². The molecule has 2 aromatic rings. The molecule has 2 rings (SSSR count). The fourth-order valence-electron chi connectivity index (χ4n) is 0.914. The molecular weight excluding hydrogens is 226 g/mol. The zero-order chi connectivity index (χ0) is 12.8. The fraction of sp³-hybridized carbons (Fsp3) is 0. The maximum absolute atomic E-state index is 10.2. The second-order valence-corrected chi connectivity index (χ2v) is 2.99. The quantitative estimate of drug-likeness (QED) is 0.357. The molecule has 1 aromatic heterocycles. The summed E-state index contributed by atoms with van der Waals surface area (Å²) in [6.07, 6.45) is 0. The summed E-state index contributed by atoms with van der Waals surface area (Å²) in [5, 5.41) is 0. The zero-order valence-corrected chi connectivity index (χ0v) is 8.69. The monoisotopic (exact) mass is 237 g/mol. The van der Waals surface area contributed by atoms with Crippen LogP contribution < -0.4 is 28.5 Å². The minimum atomic E-state index is -0.802. The average Bonchev–Trinajstić information content (AvgIpc) is 2.21. The van der Waals surface area contributed by atoms with E-state index in [1.165, 1.54) is 0 Å². The van der Waals surface area contributed by atoms with Crippen LogP contribution in [0.5, 0.6) is 0 Å². The van der Waals surface area contributed by atoms with Gasteiger partial charge in [-0.25, -0.2) is 14.4 Å². The fourth-order valence-corrected chi connectivity index (χ4v) is 0.914. The van der Waals surface area contributed by atoms with Crippen LogP contribution in [0.4, 0.5) is 11.4 Å². The molecule has 0 fully saturated rings. The minimum Gasteiger partial charge on any atom is -0.397 e. The van der Waals surface area contributed by atoms with Crippen LogP contribution in [0.3, 0.4) is 0 Å². The van der Waals surface area contributed by atoms with Gasteiger partial charge in [0.25, 0.3) is 0 Å². The topological polar surface area (TPSA) is 151 Å². The molecule has 0 spiro atoms. The summed E-state index contributed by atoms with van der Waals surface area (Å²) >= 11 is 0. The van der Waals surface area contributed by atoms with Crippen LogP contribution >= 0.6 is 0 Å². The molecule has 0 amide bonds. The normalized spacial score (nSPS) is 9.18. The first-order chi connectivity index (χ1) is 7.99. The van der Waals surface area contributed by atoms with E-state index in [0.29, 0.717) is 11.4 Å². The van der Waals surface area contributed by atoms with Crippen molar-refractivity contribution in [3.8, 4) is 0 Å². The number of nitrogens with two attached hydrogens (primary N) is 2. The van der Waals surface area contributed by atoms with Gasteiger partial charge in [-0.1, -0.05) is 12.1 Å². The van der Waals surface area contributed by atoms with Gasteiger partial charge in [0, 0.05) is 0 Å². The number of nitrogen functional groups attached to an aromatic ring is 2. The summed E-state index contributed by atoms with van der Waals surface area (Å²) in [4.78, 5) is 35.9. The van der Waals surface area contributed by atoms with Crippen molar-refractivity contribution < 1.29 is 0 Å². The van der Waals surface area contributed by atoms with Gasteiger partial charge in [-0.3, -0.25) is 15.0 Å².